The van der Waals surface area contributed by atoms with Gasteiger partial charge in [0.15, 0.2) is 0 Å². The fourth-order valence-electron chi connectivity index (χ4n) is 2.23. The normalized spacial score (nSPS) is 21.3. The Kier molecular flexibility index (Phi) is 6.67. The van der Waals surface area contributed by atoms with E-state index in [-0.39, 0.29) is 30.2 Å². The summed E-state index contributed by atoms with van der Waals surface area (Å²) in [4.78, 5) is 13.7. The molecule has 9 heteroatoms. The van der Waals surface area contributed by atoms with Crippen LogP contribution in [-0.4, -0.2) is 44.6 Å². The number of halogens is 4. The first kappa shape index (κ1) is 19.5. The summed E-state index contributed by atoms with van der Waals surface area (Å²) in [5.74, 6) is -0.651. The van der Waals surface area contributed by atoms with Crippen LogP contribution in [0.25, 0.3) is 0 Å². The molecule has 0 saturated carbocycles. The van der Waals surface area contributed by atoms with E-state index in [2.05, 4.69) is 10.1 Å². The zero-order chi connectivity index (χ0) is 16.3. The standard InChI is InChI=1S/C14H17F3N2O3.ClH/c1-9-12(18-6-7-21-9)13(20)19(2)10-4-3-5-11(8-10)22-14(15,16)17;/h3-5,8-9,12,18H,6-7H2,1-2H3;1H/t9-,12+;/m1./s1. The van der Waals surface area contributed by atoms with Crippen molar-refractivity contribution in [2.75, 3.05) is 25.1 Å². The number of alkyl halides is 3. The number of likely N-dealkylation sites (N-methyl/N-ethyl adjacent to an activating group) is 1. The molecule has 1 amide bonds. The van der Waals surface area contributed by atoms with Gasteiger partial charge in [-0.15, -0.1) is 25.6 Å². The molecule has 5 nitrogen and oxygen atoms in total. The van der Waals surface area contributed by atoms with Crippen molar-refractivity contribution in [3.8, 4) is 5.75 Å². The largest absolute Gasteiger partial charge is 0.573 e. The molecule has 0 spiro atoms. The summed E-state index contributed by atoms with van der Waals surface area (Å²) in [7, 11) is 1.50. The maximum atomic E-state index is 12.4. The number of rotatable bonds is 3. The Morgan fingerprint density at radius 3 is 2.74 bits per heavy atom. The molecule has 1 heterocycles. The number of nitrogens with one attached hydrogen (secondary N) is 1. The van der Waals surface area contributed by atoms with Crippen LogP contribution < -0.4 is 15.0 Å². The molecule has 2 atom stereocenters. The van der Waals surface area contributed by atoms with Gasteiger partial charge in [0.05, 0.1) is 12.7 Å². The Bertz CT molecular complexity index is 542. The highest BCUT2D eigenvalue weighted by molar-refractivity contribution is 5.97. The topological polar surface area (TPSA) is 50.8 Å². The summed E-state index contributed by atoms with van der Waals surface area (Å²) >= 11 is 0. The van der Waals surface area contributed by atoms with Gasteiger partial charge in [0.25, 0.3) is 0 Å². The second-order valence-corrected chi connectivity index (χ2v) is 4.95. The number of carbonyl (C=O) groups excluding carboxylic acids is 1. The van der Waals surface area contributed by atoms with Gasteiger partial charge >= 0.3 is 6.36 Å². The van der Waals surface area contributed by atoms with Crippen molar-refractivity contribution in [3.63, 3.8) is 0 Å². The van der Waals surface area contributed by atoms with Crippen LogP contribution >= 0.6 is 12.4 Å². The lowest BCUT2D eigenvalue weighted by atomic mass is 10.1. The van der Waals surface area contributed by atoms with Crippen molar-refractivity contribution in [1.82, 2.24) is 5.32 Å². The summed E-state index contributed by atoms with van der Waals surface area (Å²) in [6.07, 6.45) is -5.08. The minimum atomic E-state index is -4.77. The number of anilines is 1. The average Bonchev–Trinajstić information content (AvgIpc) is 2.45. The van der Waals surface area contributed by atoms with Gasteiger partial charge in [-0.3, -0.25) is 4.79 Å². The third-order valence-corrected chi connectivity index (χ3v) is 3.35. The Hall–Kier alpha value is -1.51. The molecule has 1 aliphatic rings. The monoisotopic (exact) mass is 354 g/mol. The Labute approximate surface area is 138 Å². The Morgan fingerprint density at radius 1 is 1.43 bits per heavy atom. The minimum Gasteiger partial charge on any atom is -0.406 e. The molecule has 0 unspecified atom stereocenters. The number of nitrogens with zero attached hydrogens (tertiary/aromatic N) is 1. The van der Waals surface area contributed by atoms with Gasteiger partial charge in [-0.2, -0.15) is 0 Å². The average molecular weight is 355 g/mol. The molecule has 0 aliphatic carbocycles. The smallest absolute Gasteiger partial charge is 0.406 e. The van der Waals surface area contributed by atoms with Crippen LogP contribution in [0.15, 0.2) is 24.3 Å². The van der Waals surface area contributed by atoms with Crippen molar-refractivity contribution in [3.05, 3.63) is 24.3 Å². The molecule has 1 saturated heterocycles. The van der Waals surface area contributed by atoms with Gasteiger partial charge in [0, 0.05) is 25.3 Å². The molecule has 1 aliphatic heterocycles. The predicted octanol–water partition coefficient (Wildman–Crippen LogP) is 2.35. The van der Waals surface area contributed by atoms with Crippen molar-refractivity contribution in [2.24, 2.45) is 0 Å². The maximum Gasteiger partial charge on any atom is 0.573 e. The number of morpholine rings is 1. The van der Waals surface area contributed by atoms with E-state index in [4.69, 9.17) is 4.74 Å². The summed E-state index contributed by atoms with van der Waals surface area (Å²) in [5.41, 5.74) is 0.311. The Balaban J connectivity index is 0.00000264. The van der Waals surface area contributed by atoms with Crippen LogP contribution in [0.4, 0.5) is 18.9 Å². The molecule has 0 radical (unpaired) electrons. The second-order valence-electron chi connectivity index (χ2n) is 4.95. The van der Waals surface area contributed by atoms with Crippen LogP contribution in [0.2, 0.25) is 0 Å². The van der Waals surface area contributed by atoms with Crippen LogP contribution in [0, 0.1) is 0 Å². The van der Waals surface area contributed by atoms with Gasteiger partial charge in [0.2, 0.25) is 5.91 Å². The zero-order valence-corrected chi connectivity index (χ0v) is 13.4. The number of hydrogen-bond donors (Lipinski definition) is 1. The van der Waals surface area contributed by atoms with Gasteiger partial charge in [0.1, 0.15) is 11.8 Å². The van der Waals surface area contributed by atoms with Crippen LogP contribution in [0.5, 0.6) is 5.75 Å². The lowest BCUT2D eigenvalue weighted by molar-refractivity contribution is -0.274. The number of hydrogen-bond acceptors (Lipinski definition) is 4. The molecule has 0 aromatic heterocycles. The van der Waals surface area contributed by atoms with E-state index < -0.39 is 12.4 Å². The third kappa shape index (κ3) is 5.26. The Morgan fingerprint density at radius 2 is 2.13 bits per heavy atom. The first-order chi connectivity index (χ1) is 10.3. The molecule has 1 aromatic carbocycles. The quantitative estimate of drug-likeness (QED) is 0.905. The van der Waals surface area contributed by atoms with Gasteiger partial charge < -0.3 is 19.7 Å². The van der Waals surface area contributed by atoms with Gasteiger partial charge in [-0.05, 0) is 19.1 Å². The van der Waals surface area contributed by atoms with Crippen LogP contribution in [0.1, 0.15) is 6.92 Å². The fraction of sp³-hybridized carbons (Fsp3) is 0.500. The van der Waals surface area contributed by atoms with E-state index in [0.717, 1.165) is 0 Å². The lowest BCUT2D eigenvalue weighted by Crippen LogP contribution is -2.55. The lowest BCUT2D eigenvalue weighted by Gasteiger charge is -2.32. The maximum absolute atomic E-state index is 12.4. The second kappa shape index (κ2) is 7.85. The van der Waals surface area contributed by atoms with E-state index in [1.165, 1.54) is 36.2 Å². The molecular weight excluding hydrogens is 337 g/mol. The SMILES string of the molecule is C[C@H]1OCCN[C@@H]1C(=O)N(C)c1cccc(OC(F)(F)F)c1.Cl. The number of carbonyl (C=O) groups is 1. The van der Waals surface area contributed by atoms with E-state index in [0.29, 0.717) is 18.8 Å². The fourth-order valence-corrected chi connectivity index (χ4v) is 2.23. The van der Waals surface area contributed by atoms with Gasteiger partial charge in [-0.25, -0.2) is 0 Å². The van der Waals surface area contributed by atoms with Crippen LogP contribution in [0.3, 0.4) is 0 Å². The third-order valence-electron chi connectivity index (χ3n) is 3.35. The van der Waals surface area contributed by atoms with E-state index in [1.54, 1.807) is 6.92 Å². The first-order valence-electron chi connectivity index (χ1n) is 6.76. The molecule has 1 fully saturated rings. The summed E-state index contributed by atoms with van der Waals surface area (Å²) in [6.45, 7) is 2.83. The summed E-state index contributed by atoms with van der Waals surface area (Å²) in [6, 6.07) is 4.75. The molecule has 0 bridgehead atoms. The summed E-state index contributed by atoms with van der Waals surface area (Å²) in [5, 5.41) is 3.04. The zero-order valence-electron chi connectivity index (χ0n) is 12.6. The number of amides is 1. The molecule has 1 N–H and O–H groups in total. The predicted molar refractivity (Wildman–Crippen MR) is 81.0 cm³/mol. The molecule has 23 heavy (non-hydrogen) atoms. The van der Waals surface area contributed by atoms with Gasteiger partial charge in [-0.1, -0.05) is 6.07 Å². The molecule has 2 rings (SSSR count). The van der Waals surface area contributed by atoms with Crippen molar-refractivity contribution < 1.29 is 27.4 Å². The number of benzene rings is 1. The van der Waals surface area contributed by atoms with E-state index >= 15 is 0 Å². The first-order valence-corrected chi connectivity index (χ1v) is 6.76. The molecular formula is C14H18ClF3N2O3. The molecule has 130 valence electrons. The highest BCUT2D eigenvalue weighted by Crippen LogP contribution is 2.26. The highest BCUT2D eigenvalue weighted by Gasteiger charge is 2.33. The highest BCUT2D eigenvalue weighted by atomic mass is 35.5. The van der Waals surface area contributed by atoms with E-state index in [9.17, 15) is 18.0 Å². The minimum absolute atomic E-state index is 0. The summed E-state index contributed by atoms with van der Waals surface area (Å²) < 4.78 is 46.0. The van der Waals surface area contributed by atoms with E-state index in [1.807, 2.05) is 0 Å². The van der Waals surface area contributed by atoms with Crippen LogP contribution in [-0.2, 0) is 9.53 Å². The van der Waals surface area contributed by atoms with Crippen molar-refractivity contribution >= 4 is 24.0 Å². The number of ether oxygens (including phenoxy) is 2. The van der Waals surface area contributed by atoms with Crippen molar-refractivity contribution in [1.29, 1.82) is 0 Å². The van der Waals surface area contributed by atoms with Crippen molar-refractivity contribution in [2.45, 2.75) is 25.4 Å². The molecule has 1 aromatic rings.